The van der Waals surface area contributed by atoms with Gasteiger partial charge in [0, 0.05) is 23.2 Å². The van der Waals surface area contributed by atoms with E-state index in [0.29, 0.717) is 22.4 Å². The number of aromatic nitrogens is 5. The molecule has 0 spiro atoms. The third kappa shape index (κ3) is 3.82. The largest absolute Gasteiger partial charge is 0.422 e. The maximum absolute atomic E-state index is 12.7. The molecule has 156 valence electrons. The molecule has 0 atom stereocenters. The van der Waals surface area contributed by atoms with E-state index in [4.69, 9.17) is 4.42 Å². The van der Waals surface area contributed by atoms with Gasteiger partial charge in [-0.1, -0.05) is 36.4 Å². The highest BCUT2D eigenvalue weighted by Crippen LogP contribution is 2.25. The minimum Gasteiger partial charge on any atom is -0.422 e. The molecule has 0 radical (unpaired) electrons. The summed E-state index contributed by atoms with van der Waals surface area (Å²) in [6.45, 7) is 0. The Morgan fingerprint density at radius 2 is 1.75 bits per heavy atom. The van der Waals surface area contributed by atoms with Crippen molar-refractivity contribution in [2.24, 2.45) is 0 Å². The van der Waals surface area contributed by atoms with E-state index in [0.717, 1.165) is 11.1 Å². The minimum atomic E-state index is -0.509. The molecule has 0 fully saturated rings. The maximum atomic E-state index is 12.7. The van der Waals surface area contributed by atoms with Crippen LogP contribution in [0.25, 0.3) is 34.0 Å². The average Bonchev–Trinajstić information content (AvgIpc) is 3.48. The first kappa shape index (κ1) is 19.2. The van der Waals surface area contributed by atoms with Crippen LogP contribution < -0.4 is 11.1 Å². The zero-order valence-corrected chi connectivity index (χ0v) is 16.6. The third-order valence-electron chi connectivity index (χ3n) is 4.73. The van der Waals surface area contributed by atoms with E-state index >= 15 is 0 Å². The van der Waals surface area contributed by atoms with Gasteiger partial charge in [0.05, 0.1) is 11.3 Å². The molecule has 9 nitrogen and oxygen atoms in total. The van der Waals surface area contributed by atoms with Gasteiger partial charge in [-0.3, -0.25) is 10.2 Å². The molecule has 9 heteroatoms. The van der Waals surface area contributed by atoms with Gasteiger partial charge in [-0.25, -0.2) is 14.2 Å². The van der Waals surface area contributed by atoms with E-state index < -0.39 is 11.5 Å². The average molecular weight is 424 g/mol. The van der Waals surface area contributed by atoms with Crippen LogP contribution in [-0.2, 0) is 4.79 Å². The highest BCUT2D eigenvalue weighted by Gasteiger charge is 2.16. The van der Waals surface area contributed by atoms with Gasteiger partial charge in [0.25, 0.3) is 5.91 Å². The summed E-state index contributed by atoms with van der Waals surface area (Å²) in [5, 5.41) is 12.7. The van der Waals surface area contributed by atoms with Gasteiger partial charge in [-0.05, 0) is 30.3 Å². The van der Waals surface area contributed by atoms with Gasteiger partial charge in [0.1, 0.15) is 23.9 Å². The van der Waals surface area contributed by atoms with Crippen molar-refractivity contribution in [2.75, 3.05) is 5.43 Å². The molecule has 0 unspecified atom stereocenters. The van der Waals surface area contributed by atoms with E-state index in [1.54, 1.807) is 35.2 Å². The fourth-order valence-electron chi connectivity index (χ4n) is 3.25. The van der Waals surface area contributed by atoms with Crippen molar-refractivity contribution >= 4 is 23.0 Å². The number of rotatable bonds is 5. The Bertz CT molecular complexity index is 1480. The van der Waals surface area contributed by atoms with Gasteiger partial charge in [-0.2, -0.15) is 5.10 Å². The van der Waals surface area contributed by atoms with Crippen LogP contribution in [0.2, 0.25) is 0 Å². The Balaban J connectivity index is 1.59. The van der Waals surface area contributed by atoms with Crippen LogP contribution in [0.1, 0.15) is 5.56 Å². The van der Waals surface area contributed by atoms with Crippen molar-refractivity contribution in [3.63, 3.8) is 0 Å². The molecule has 0 aliphatic rings. The first-order valence-corrected chi connectivity index (χ1v) is 9.69. The lowest BCUT2D eigenvalue weighted by Gasteiger charge is -2.02. The van der Waals surface area contributed by atoms with Crippen LogP contribution in [0.3, 0.4) is 0 Å². The second-order valence-corrected chi connectivity index (χ2v) is 6.88. The summed E-state index contributed by atoms with van der Waals surface area (Å²) < 4.78 is 8.47. The molecule has 0 aliphatic heterocycles. The van der Waals surface area contributed by atoms with Crippen molar-refractivity contribution in [3.8, 4) is 16.9 Å². The number of benzene rings is 2. The Morgan fingerprint density at radius 1 is 1.00 bits per heavy atom. The lowest BCUT2D eigenvalue weighted by Crippen LogP contribution is -2.18. The van der Waals surface area contributed by atoms with Gasteiger partial charge >= 0.3 is 5.63 Å². The second kappa shape index (κ2) is 8.15. The molecule has 32 heavy (non-hydrogen) atoms. The number of hydrogen-bond donors (Lipinski definition) is 1. The maximum Gasteiger partial charge on any atom is 0.345 e. The predicted octanol–water partition coefficient (Wildman–Crippen LogP) is 3.02. The van der Waals surface area contributed by atoms with Crippen LogP contribution in [0.5, 0.6) is 0 Å². The summed E-state index contributed by atoms with van der Waals surface area (Å²) in [6, 6.07) is 18.5. The summed E-state index contributed by atoms with van der Waals surface area (Å²) in [5.74, 6) is -0.395. The lowest BCUT2D eigenvalue weighted by atomic mass is 10.1. The molecule has 0 saturated carbocycles. The topological polar surface area (TPSA) is 108 Å². The summed E-state index contributed by atoms with van der Waals surface area (Å²) >= 11 is 0. The van der Waals surface area contributed by atoms with Crippen LogP contribution in [0.4, 0.5) is 0 Å². The van der Waals surface area contributed by atoms with E-state index in [9.17, 15) is 9.59 Å². The highest BCUT2D eigenvalue weighted by atomic mass is 16.4. The summed E-state index contributed by atoms with van der Waals surface area (Å²) in [5.41, 5.74) is 4.67. The molecule has 1 amide bonds. The van der Waals surface area contributed by atoms with Crippen molar-refractivity contribution < 1.29 is 9.21 Å². The predicted molar refractivity (Wildman–Crippen MR) is 118 cm³/mol. The van der Waals surface area contributed by atoms with Crippen molar-refractivity contribution in [1.82, 2.24) is 24.7 Å². The summed E-state index contributed by atoms with van der Waals surface area (Å²) in [4.78, 5) is 25.0. The smallest absolute Gasteiger partial charge is 0.345 e. The van der Waals surface area contributed by atoms with Gasteiger partial charge in [0.15, 0.2) is 0 Å². The first-order valence-electron chi connectivity index (χ1n) is 9.69. The van der Waals surface area contributed by atoms with Crippen LogP contribution in [0, 0.1) is 0 Å². The molecule has 5 rings (SSSR count). The number of carbonyl (C=O) groups is 1. The minimum absolute atomic E-state index is 0.303. The Kier molecular flexibility index (Phi) is 4.89. The van der Waals surface area contributed by atoms with Crippen LogP contribution in [0.15, 0.2) is 94.8 Å². The van der Waals surface area contributed by atoms with Crippen molar-refractivity contribution in [1.29, 1.82) is 0 Å². The molecule has 0 aliphatic carbocycles. The molecule has 1 N–H and O–H groups in total. The second-order valence-electron chi connectivity index (χ2n) is 6.88. The third-order valence-corrected chi connectivity index (χ3v) is 4.73. The standard InChI is InChI=1S/C23H16N6O3/c30-21(26-28-14-24-25-15-28)11-10-17-13-29(18-7-2-1-3-8-18)27-22(17)19-12-16-6-4-5-9-20(16)32-23(19)31/h1-15H,(H,26,30). The SMILES string of the molecule is O=C(C=Cc1cn(-c2ccccc2)nc1-c1cc2ccccc2oc1=O)Nn1cnnc1. The van der Waals surface area contributed by atoms with Gasteiger partial charge in [0.2, 0.25) is 0 Å². The first-order chi connectivity index (χ1) is 15.7. The van der Waals surface area contributed by atoms with E-state index in [1.807, 2.05) is 42.5 Å². The van der Waals surface area contributed by atoms with Gasteiger partial charge < -0.3 is 4.42 Å². The normalized spacial score (nSPS) is 11.2. The number of hydrogen-bond acceptors (Lipinski definition) is 6. The Labute approximate surface area is 181 Å². The molecule has 0 saturated heterocycles. The van der Waals surface area contributed by atoms with E-state index in [1.165, 1.54) is 23.4 Å². The summed E-state index contributed by atoms with van der Waals surface area (Å²) in [7, 11) is 0. The molecule has 3 aromatic heterocycles. The number of nitrogens with zero attached hydrogens (tertiary/aromatic N) is 5. The molecule has 2 aromatic carbocycles. The quantitative estimate of drug-likeness (QED) is 0.343. The molecule has 3 heterocycles. The fraction of sp³-hybridized carbons (Fsp3) is 0. The lowest BCUT2D eigenvalue weighted by molar-refractivity contribution is -0.112. The highest BCUT2D eigenvalue weighted by molar-refractivity contribution is 5.98. The zero-order chi connectivity index (χ0) is 21.9. The molecular weight excluding hydrogens is 408 g/mol. The summed E-state index contributed by atoms with van der Waals surface area (Å²) in [6.07, 6.45) is 7.42. The fourth-order valence-corrected chi connectivity index (χ4v) is 3.25. The van der Waals surface area contributed by atoms with E-state index in [2.05, 4.69) is 20.7 Å². The van der Waals surface area contributed by atoms with Crippen LogP contribution in [-0.4, -0.2) is 30.6 Å². The number of nitrogens with one attached hydrogen (secondary N) is 1. The van der Waals surface area contributed by atoms with Crippen LogP contribution >= 0.6 is 0 Å². The molecular formula is C23H16N6O3. The number of carbonyl (C=O) groups excluding carboxylic acids is 1. The number of fused-ring (bicyclic) bond motifs is 1. The van der Waals surface area contributed by atoms with Crippen molar-refractivity contribution in [3.05, 3.63) is 102 Å². The molecule has 0 bridgehead atoms. The number of para-hydroxylation sites is 2. The zero-order valence-electron chi connectivity index (χ0n) is 16.6. The van der Waals surface area contributed by atoms with Gasteiger partial charge in [-0.15, -0.1) is 10.2 Å². The Morgan fingerprint density at radius 3 is 2.56 bits per heavy atom. The number of amides is 1. The monoisotopic (exact) mass is 424 g/mol. The van der Waals surface area contributed by atoms with Crippen molar-refractivity contribution in [2.45, 2.75) is 0 Å². The van der Waals surface area contributed by atoms with E-state index in [-0.39, 0.29) is 0 Å². The molecule has 5 aromatic rings. The Hall–Kier alpha value is -4.79.